The van der Waals surface area contributed by atoms with E-state index in [9.17, 15) is 4.79 Å². The number of oxazole rings is 1. The fourth-order valence-corrected chi connectivity index (χ4v) is 3.97. The summed E-state index contributed by atoms with van der Waals surface area (Å²) in [5.74, 6) is 2.72. The van der Waals surface area contributed by atoms with E-state index in [0.717, 1.165) is 29.1 Å². The number of rotatable bonds is 7. The SMILES string of the molecule is COc1ccc(-c2nc(CN3CCN(Cc4cccc(C)c4)C(=O)C3)c(C)o2)c(OC)c1. The van der Waals surface area contributed by atoms with Gasteiger partial charge in [-0.1, -0.05) is 29.8 Å². The Bertz CT molecular complexity index is 1110. The van der Waals surface area contributed by atoms with Gasteiger partial charge in [0.05, 0.1) is 32.0 Å². The molecule has 4 rings (SSSR count). The smallest absolute Gasteiger partial charge is 0.237 e. The Balaban J connectivity index is 1.43. The molecule has 1 aliphatic heterocycles. The van der Waals surface area contributed by atoms with Crippen molar-refractivity contribution in [1.29, 1.82) is 0 Å². The number of piperazine rings is 1. The molecule has 168 valence electrons. The van der Waals surface area contributed by atoms with Crippen LogP contribution in [0.3, 0.4) is 0 Å². The van der Waals surface area contributed by atoms with E-state index in [4.69, 9.17) is 18.9 Å². The predicted octanol–water partition coefficient (Wildman–Crippen LogP) is 3.82. The highest BCUT2D eigenvalue weighted by Crippen LogP contribution is 2.34. The molecule has 3 aromatic rings. The number of benzene rings is 2. The van der Waals surface area contributed by atoms with Crippen LogP contribution in [0.25, 0.3) is 11.5 Å². The lowest BCUT2D eigenvalue weighted by molar-refractivity contribution is -0.136. The number of hydrogen-bond acceptors (Lipinski definition) is 6. The van der Waals surface area contributed by atoms with E-state index >= 15 is 0 Å². The molecule has 2 aromatic carbocycles. The molecule has 1 aliphatic rings. The summed E-state index contributed by atoms with van der Waals surface area (Å²) in [5.41, 5.74) is 3.97. The highest BCUT2D eigenvalue weighted by Gasteiger charge is 2.26. The van der Waals surface area contributed by atoms with E-state index in [0.29, 0.717) is 43.6 Å². The zero-order valence-electron chi connectivity index (χ0n) is 19.1. The minimum atomic E-state index is 0.135. The molecule has 0 bridgehead atoms. The standard InChI is InChI=1S/C25H29N3O4/c1-17-6-5-7-19(12-17)14-28-11-10-27(16-24(28)29)15-22-18(2)32-25(26-22)21-9-8-20(30-3)13-23(21)31-4/h5-9,12-13H,10-11,14-16H2,1-4H3. The second-order valence-corrected chi connectivity index (χ2v) is 8.10. The maximum absolute atomic E-state index is 12.8. The maximum atomic E-state index is 12.8. The average molecular weight is 436 g/mol. The maximum Gasteiger partial charge on any atom is 0.237 e. The molecule has 0 unspecified atom stereocenters. The normalized spacial score (nSPS) is 14.6. The average Bonchev–Trinajstić information content (AvgIpc) is 3.15. The molecule has 0 saturated carbocycles. The molecular formula is C25H29N3O4. The number of ether oxygens (including phenoxy) is 2. The zero-order chi connectivity index (χ0) is 22.7. The molecule has 1 fully saturated rings. The lowest BCUT2D eigenvalue weighted by Crippen LogP contribution is -2.49. The van der Waals surface area contributed by atoms with Crippen molar-refractivity contribution >= 4 is 5.91 Å². The van der Waals surface area contributed by atoms with Gasteiger partial charge in [-0.3, -0.25) is 9.69 Å². The largest absolute Gasteiger partial charge is 0.497 e. The van der Waals surface area contributed by atoms with Gasteiger partial charge >= 0.3 is 0 Å². The topological polar surface area (TPSA) is 68.0 Å². The van der Waals surface area contributed by atoms with E-state index in [-0.39, 0.29) is 5.91 Å². The van der Waals surface area contributed by atoms with Gasteiger partial charge in [-0.25, -0.2) is 4.98 Å². The fraction of sp³-hybridized carbons (Fsp3) is 0.360. The van der Waals surface area contributed by atoms with Crippen LogP contribution < -0.4 is 9.47 Å². The Labute approximate surface area is 188 Å². The lowest BCUT2D eigenvalue weighted by atomic mass is 10.1. The van der Waals surface area contributed by atoms with Crippen LogP contribution in [0.5, 0.6) is 11.5 Å². The van der Waals surface area contributed by atoms with Crippen molar-refractivity contribution < 1.29 is 18.7 Å². The molecule has 0 radical (unpaired) electrons. The van der Waals surface area contributed by atoms with Crippen molar-refractivity contribution in [3.05, 3.63) is 65.0 Å². The highest BCUT2D eigenvalue weighted by atomic mass is 16.5. The van der Waals surface area contributed by atoms with Crippen LogP contribution in [-0.4, -0.2) is 54.5 Å². The zero-order valence-corrected chi connectivity index (χ0v) is 19.1. The van der Waals surface area contributed by atoms with Crippen molar-refractivity contribution in [2.75, 3.05) is 33.9 Å². The molecule has 0 atom stereocenters. The van der Waals surface area contributed by atoms with Crippen molar-refractivity contribution in [2.45, 2.75) is 26.9 Å². The first kappa shape index (κ1) is 21.9. The van der Waals surface area contributed by atoms with E-state index in [2.05, 4.69) is 30.0 Å². The monoisotopic (exact) mass is 435 g/mol. The number of aryl methyl sites for hydroxylation is 2. The summed E-state index contributed by atoms with van der Waals surface area (Å²) in [6.07, 6.45) is 0. The van der Waals surface area contributed by atoms with Crippen LogP contribution in [0.2, 0.25) is 0 Å². The Morgan fingerprint density at radius 3 is 2.59 bits per heavy atom. The first-order valence-electron chi connectivity index (χ1n) is 10.7. The molecule has 7 heteroatoms. The number of hydrogen-bond donors (Lipinski definition) is 0. The summed E-state index contributed by atoms with van der Waals surface area (Å²) in [7, 11) is 3.22. The molecule has 7 nitrogen and oxygen atoms in total. The molecule has 2 heterocycles. The minimum Gasteiger partial charge on any atom is -0.497 e. The van der Waals surface area contributed by atoms with E-state index < -0.39 is 0 Å². The number of carbonyl (C=O) groups is 1. The molecular weight excluding hydrogens is 406 g/mol. The number of aromatic nitrogens is 1. The van der Waals surface area contributed by atoms with Crippen molar-refractivity contribution in [3.8, 4) is 23.0 Å². The Morgan fingerprint density at radius 1 is 1.03 bits per heavy atom. The van der Waals surface area contributed by atoms with Gasteiger partial charge < -0.3 is 18.8 Å². The van der Waals surface area contributed by atoms with Crippen LogP contribution in [-0.2, 0) is 17.9 Å². The molecule has 32 heavy (non-hydrogen) atoms. The van der Waals surface area contributed by atoms with Gasteiger partial charge in [0.1, 0.15) is 17.3 Å². The van der Waals surface area contributed by atoms with Gasteiger partial charge in [0.25, 0.3) is 0 Å². The van der Waals surface area contributed by atoms with Gasteiger partial charge in [0, 0.05) is 32.2 Å². The number of carbonyl (C=O) groups excluding carboxylic acids is 1. The van der Waals surface area contributed by atoms with Gasteiger partial charge in [0.2, 0.25) is 11.8 Å². The number of methoxy groups -OCH3 is 2. The van der Waals surface area contributed by atoms with Gasteiger partial charge in [-0.05, 0) is 31.5 Å². The quantitative estimate of drug-likeness (QED) is 0.562. The van der Waals surface area contributed by atoms with Crippen molar-refractivity contribution in [3.63, 3.8) is 0 Å². The second-order valence-electron chi connectivity index (χ2n) is 8.10. The minimum absolute atomic E-state index is 0.135. The van der Waals surface area contributed by atoms with Crippen LogP contribution >= 0.6 is 0 Å². The number of amides is 1. The summed E-state index contributed by atoms with van der Waals surface area (Å²) < 4.78 is 16.7. The molecule has 1 saturated heterocycles. The van der Waals surface area contributed by atoms with E-state index in [1.54, 1.807) is 20.3 Å². The third kappa shape index (κ3) is 4.78. The van der Waals surface area contributed by atoms with E-state index in [1.807, 2.05) is 30.0 Å². The summed E-state index contributed by atoms with van der Waals surface area (Å²) in [6.45, 7) is 7.06. The lowest BCUT2D eigenvalue weighted by Gasteiger charge is -2.34. The summed E-state index contributed by atoms with van der Waals surface area (Å²) >= 11 is 0. The molecule has 0 spiro atoms. The van der Waals surface area contributed by atoms with Gasteiger partial charge in [0.15, 0.2) is 0 Å². The number of nitrogens with zero attached hydrogens (tertiary/aromatic N) is 3. The highest BCUT2D eigenvalue weighted by molar-refractivity contribution is 5.79. The summed E-state index contributed by atoms with van der Waals surface area (Å²) in [5, 5.41) is 0. The fourth-order valence-electron chi connectivity index (χ4n) is 3.97. The predicted molar refractivity (Wildman–Crippen MR) is 122 cm³/mol. The first-order valence-corrected chi connectivity index (χ1v) is 10.7. The Morgan fingerprint density at radius 2 is 1.88 bits per heavy atom. The van der Waals surface area contributed by atoms with Gasteiger partial charge in [-0.15, -0.1) is 0 Å². The molecule has 0 N–H and O–H groups in total. The summed E-state index contributed by atoms with van der Waals surface area (Å²) in [6, 6.07) is 13.8. The Hall–Kier alpha value is -3.32. The third-order valence-electron chi connectivity index (χ3n) is 5.76. The van der Waals surface area contributed by atoms with Crippen LogP contribution in [0.4, 0.5) is 0 Å². The van der Waals surface area contributed by atoms with Gasteiger partial charge in [-0.2, -0.15) is 0 Å². The molecule has 1 amide bonds. The van der Waals surface area contributed by atoms with Crippen LogP contribution in [0, 0.1) is 13.8 Å². The first-order chi connectivity index (χ1) is 15.5. The van der Waals surface area contributed by atoms with Crippen LogP contribution in [0.15, 0.2) is 46.9 Å². The molecule has 0 aliphatic carbocycles. The van der Waals surface area contributed by atoms with Crippen molar-refractivity contribution in [2.24, 2.45) is 0 Å². The Kier molecular flexibility index (Phi) is 6.46. The van der Waals surface area contributed by atoms with E-state index in [1.165, 1.54) is 5.56 Å². The third-order valence-corrected chi connectivity index (χ3v) is 5.76. The second kappa shape index (κ2) is 9.44. The molecule has 1 aromatic heterocycles. The van der Waals surface area contributed by atoms with Crippen LogP contribution in [0.1, 0.15) is 22.6 Å². The van der Waals surface area contributed by atoms with Crippen molar-refractivity contribution in [1.82, 2.24) is 14.8 Å². The summed E-state index contributed by atoms with van der Waals surface area (Å²) in [4.78, 5) is 21.5.